The highest BCUT2D eigenvalue weighted by Gasteiger charge is 2.30. The Bertz CT molecular complexity index is 672. The first-order valence-corrected chi connectivity index (χ1v) is 8.29. The predicted molar refractivity (Wildman–Crippen MR) is 90.8 cm³/mol. The van der Waals surface area contributed by atoms with E-state index in [-0.39, 0.29) is 12.7 Å². The number of halogens is 1. The minimum absolute atomic E-state index is 0.0368. The number of rotatable bonds is 6. The lowest BCUT2D eigenvalue weighted by Crippen LogP contribution is -2.19. The summed E-state index contributed by atoms with van der Waals surface area (Å²) in [5.41, 5.74) is 2.94. The molecule has 0 saturated heterocycles. The van der Waals surface area contributed by atoms with E-state index in [1.54, 1.807) is 7.11 Å². The second-order valence-electron chi connectivity index (χ2n) is 5.47. The Morgan fingerprint density at radius 1 is 1.30 bits per heavy atom. The Morgan fingerprint density at radius 3 is 2.78 bits per heavy atom. The van der Waals surface area contributed by atoms with Crippen LogP contribution >= 0.6 is 15.9 Å². The van der Waals surface area contributed by atoms with Gasteiger partial charge in [-0.2, -0.15) is 0 Å². The molecule has 0 aliphatic carbocycles. The third kappa shape index (κ3) is 3.52. The Balaban J connectivity index is 1.86. The summed E-state index contributed by atoms with van der Waals surface area (Å²) in [5, 5.41) is 9.64. The maximum absolute atomic E-state index is 9.64. The van der Waals surface area contributed by atoms with Crippen molar-refractivity contribution in [3.05, 3.63) is 57.6 Å². The van der Waals surface area contributed by atoms with Crippen molar-refractivity contribution < 1.29 is 19.3 Å². The first-order chi connectivity index (χ1) is 11.2. The van der Waals surface area contributed by atoms with Crippen LogP contribution in [0.15, 0.2) is 40.9 Å². The van der Waals surface area contributed by atoms with E-state index in [0.29, 0.717) is 25.4 Å². The highest BCUT2D eigenvalue weighted by atomic mass is 79.9. The molecule has 5 heteroatoms. The molecule has 1 heterocycles. The van der Waals surface area contributed by atoms with Crippen LogP contribution in [0.25, 0.3) is 0 Å². The van der Waals surface area contributed by atoms with Crippen LogP contribution in [-0.2, 0) is 24.4 Å². The van der Waals surface area contributed by atoms with Crippen molar-refractivity contribution in [3.63, 3.8) is 0 Å². The van der Waals surface area contributed by atoms with Crippen molar-refractivity contribution in [1.29, 1.82) is 0 Å². The van der Waals surface area contributed by atoms with Gasteiger partial charge in [0.1, 0.15) is 12.7 Å². The van der Waals surface area contributed by atoms with Crippen molar-refractivity contribution in [2.75, 3.05) is 13.7 Å². The van der Waals surface area contributed by atoms with Gasteiger partial charge in [0.15, 0.2) is 11.5 Å². The number of benzene rings is 2. The van der Waals surface area contributed by atoms with Gasteiger partial charge in [-0.1, -0.05) is 46.3 Å². The summed E-state index contributed by atoms with van der Waals surface area (Å²) >= 11 is 3.52. The van der Waals surface area contributed by atoms with E-state index in [0.717, 1.165) is 26.9 Å². The van der Waals surface area contributed by atoms with E-state index in [4.69, 9.17) is 14.2 Å². The van der Waals surface area contributed by atoms with Gasteiger partial charge in [0.25, 0.3) is 0 Å². The summed E-state index contributed by atoms with van der Waals surface area (Å²) in [4.78, 5) is 0. The van der Waals surface area contributed by atoms with Crippen LogP contribution in [0.1, 0.15) is 16.7 Å². The van der Waals surface area contributed by atoms with Crippen molar-refractivity contribution in [3.8, 4) is 11.5 Å². The van der Waals surface area contributed by atoms with Crippen molar-refractivity contribution >= 4 is 15.9 Å². The first kappa shape index (κ1) is 16.3. The van der Waals surface area contributed by atoms with E-state index >= 15 is 0 Å². The van der Waals surface area contributed by atoms with Crippen molar-refractivity contribution in [1.82, 2.24) is 0 Å². The molecule has 0 spiro atoms. The maximum atomic E-state index is 9.64. The van der Waals surface area contributed by atoms with Gasteiger partial charge >= 0.3 is 0 Å². The van der Waals surface area contributed by atoms with Gasteiger partial charge < -0.3 is 19.3 Å². The van der Waals surface area contributed by atoms with Crippen LogP contribution in [0.5, 0.6) is 11.5 Å². The fourth-order valence-corrected chi connectivity index (χ4v) is 3.34. The number of fused-ring (bicyclic) bond motifs is 1. The van der Waals surface area contributed by atoms with Crippen LogP contribution in [0.4, 0.5) is 0 Å². The topological polar surface area (TPSA) is 47.9 Å². The Kier molecular flexibility index (Phi) is 5.20. The maximum Gasteiger partial charge on any atom is 0.165 e. The lowest BCUT2D eigenvalue weighted by molar-refractivity contribution is 0.0927. The highest BCUT2D eigenvalue weighted by molar-refractivity contribution is 9.10. The van der Waals surface area contributed by atoms with E-state index in [1.807, 2.05) is 36.4 Å². The summed E-state index contributed by atoms with van der Waals surface area (Å²) in [6.45, 7) is 0.941. The summed E-state index contributed by atoms with van der Waals surface area (Å²) in [5.74, 6) is 1.40. The molecule has 3 rings (SSSR count). The van der Waals surface area contributed by atoms with Crippen LogP contribution in [0.3, 0.4) is 0 Å². The average molecular weight is 379 g/mol. The molecule has 2 aromatic rings. The molecule has 1 aliphatic rings. The van der Waals surface area contributed by atoms with E-state index in [2.05, 4.69) is 15.9 Å². The van der Waals surface area contributed by atoms with Crippen LogP contribution in [-0.4, -0.2) is 24.9 Å². The highest BCUT2D eigenvalue weighted by Crippen LogP contribution is 2.44. The fourth-order valence-electron chi connectivity index (χ4n) is 2.77. The third-order valence-electron chi connectivity index (χ3n) is 3.87. The molecule has 1 unspecified atom stereocenters. The van der Waals surface area contributed by atoms with E-state index in [9.17, 15) is 5.11 Å². The molecular formula is C18H19BrO4. The summed E-state index contributed by atoms with van der Waals surface area (Å²) in [6.07, 6.45) is 0.661. The Labute approximate surface area is 144 Å². The standard InChI is InChI=1S/C18H19BrO4/c1-21-11-13-7-14-15(9-20)16(19)8-17(18(14)23-13)22-10-12-5-3-2-4-6-12/h2-6,8,13,20H,7,9-11H2,1H3. The van der Waals surface area contributed by atoms with E-state index in [1.165, 1.54) is 0 Å². The summed E-state index contributed by atoms with van der Waals surface area (Å²) < 4.78 is 18.0. The van der Waals surface area contributed by atoms with Crippen molar-refractivity contribution in [2.45, 2.75) is 25.7 Å². The van der Waals surface area contributed by atoms with Gasteiger partial charge in [-0.15, -0.1) is 0 Å². The molecule has 0 saturated carbocycles. The third-order valence-corrected chi connectivity index (χ3v) is 4.58. The van der Waals surface area contributed by atoms with Gasteiger partial charge in [0, 0.05) is 23.6 Å². The fraction of sp³-hybridized carbons (Fsp3) is 0.333. The molecule has 4 nitrogen and oxygen atoms in total. The average Bonchev–Trinajstić information content (AvgIpc) is 2.97. The largest absolute Gasteiger partial charge is 0.485 e. The molecular weight excluding hydrogens is 360 g/mol. The number of hydrogen-bond acceptors (Lipinski definition) is 4. The SMILES string of the molecule is COCC1Cc2c(CO)c(Br)cc(OCc3ccccc3)c2O1. The van der Waals surface area contributed by atoms with Gasteiger partial charge in [0.2, 0.25) is 0 Å². The normalized spacial score (nSPS) is 16.0. The second kappa shape index (κ2) is 7.34. The molecule has 0 bridgehead atoms. The monoisotopic (exact) mass is 378 g/mol. The lowest BCUT2D eigenvalue weighted by atomic mass is 10.0. The number of aliphatic hydroxyl groups is 1. The summed E-state index contributed by atoms with van der Waals surface area (Å²) in [6, 6.07) is 11.9. The van der Waals surface area contributed by atoms with Gasteiger partial charge in [0.05, 0.1) is 13.2 Å². The summed E-state index contributed by atoms with van der Waals surface area (Å²) in [7, 11) is 1.65. The minimum Gasteiger partial charge on any atom is -0.485 e. The predicted octanol–water partition coefficient (Wildman–Crippen LogP) is 3.47. The molecule has 1 N–H and O–H groups in total. The molecule has 0 fully saturated rings. The van der Waals surface area contributed by atoms with Crippen LogP contribution in [0, 0.1) is 0 Å². The molecule has 122 valence electrons. The molecule has 2 aromatic carbocycles. The smallest absolute Gasteiger partial charge is 0.165 e. The molecule has 23 heavy (non-hydrogen) atoms. The molecule has 1 aliphatic heterocycles. The van der Waals surface area contributed by atoms with Gasteiger partial charge in [-0.3, -0.25) is 0 Å². The van der Waals surface area contributed by atoms with Crippen LogP contribution in [0.2, 0.25) is 0 Å². The zero-order valence-electron chi connectivity index (χ0n) is 12.9. The molecule has 0 radical (unpaired) electrons. The van der Waals surface area contributed by atoms with E-state index < -0.39 is 0 Å². The zero-order chi connectivity index (χ0) is 16.2. The Hall–Kier alpha value is -1.56. The molecule has 1 atom stereocenters. The molecule has 0 aromatic heterocycles. The van der Waals surface area contributed by atoms with Crippen LogP contribution < -0.4 is 9.47 Å². The molecule has 0 amide bonds. The van der Waals surface area contributed by atoms with Crippen molar-refractivity contribution in [2.24, 2.45) is 0 Å². The first-order valence-electron chi connectivity index (χ1n) is 7.50. The van der Waals surface area contributed by atoms with Gasteiger partial charge in [-0.05, 0) is 17.2 Å². The number of aliphatic hydroxyl groups excluding tert-OH is 1. The zero-order valence-corrected chi connectivity index (χ0v) is 14.5. The van der Waals surface area contributed by atoms with Gasteiger partial charge in [-0.25, -0.2) is 0 Å². The lowest BCUT2D eigenvalue weighted by Gasteiger charge is -2.15. The second-order valence-corrected chi connectivity index (χ2v) is 6.33. The quantitative estimate of drug-likeness (QED) is 0.835. The number of methoxy groups -OCH3 is 1. The Morgan fingerprint density at radius 2 is 2.09 bits per heavy atom. The number of hydrogen-bond donors (Lipinski definition) is 1. The number of ether oxygens (including phenoxy) is 3. The minimum atomic E-state index is -0.0475.